The molecule has 0 aliphatic carbocycles. The average molecular weight is 268 g/mol. The Bertz CT molecular complexity index is 468. The molecule has 19 heavy (non-hydrogen) atoms. The fourth-order valence-corrected chi connectivity index (χ4v) is 1.56. The summed E-state index contributed by atoms with van der Waals surface area (Å²) >= 11 is 0. The van der Waals surface area contributed by atoms with E-state index < -0.39 is 12.3 Å². The maximum Gasteiger partial charge on any atom is 0.339 e. The predicted octanol–water partition coefficient (Wildman–Crippen LogP) is 1.64. The summed E-state index contributed by atoms with van der Waals surface area (Å²) in [4.78, 5) is 22.0. The standard InChI is InChI=1S/C13H16O6/c1-4-18-11(7-14)19-12-8(2)5-9(17-3)6-10(12)13(15)16/h5-7,11H,4H2,1-3H3,(H,15,16). The van der Waals surface area contributed by atoms with Crippen LogP contribution in [-0.2, 0) is 9.53 Å². The first kappa shape index (κ1) is 15.0. The van der Waals surface area contributed by atoms with Crippen molar-refractivity contribution in [3.63, 3.8) is 0 Å². The molecule has 6 heteroatoms. The number of carboxylic acids is 1. The molecule has 0 saturated carbocycles. The smallest absolute Gasteiger partial charge is 0.339 e. The number of benzene rings is 1. The van der Waals surface area contributed by atoms with Gasteiger partial charge in [-0.3, -0.25) is 4.79 Å². The van der Waals surface area contributed by atoms with E-state index in [0.29, 0.717) is 17.6 Å². The van der Waals surface area contributed by atoms with Gasteiger partial charge in [-0.1, -0.05) is 0 Å². The number of ether oxygens (including phenoxy) is 3. The van der Waals surface area contributed by atoms with E-state index in [1.54, 1.807) is 19.9 Å². The van der Waals surface area contributed by atoms with E-state index in [4.69, 9.17) is 19.3 Å². The summed E-state index contributed by atoms with van der Waals surface area (Å²) in [6.07, 6.45) is -0.658. The highest BCUT2D eigenvalue weighted by Gasteiger charge is 2.19. The monoisotopic (exact) mass is 268 g/mol. The topological polar surface area (TPSA) is 82.1 Å². The minimum absolute atomic E-state index is 0.0802. The van der Waals surface area contributed by atoms with Crippen LogP contribution in [0.3, 0.4) is 0 Å². The largest absolute Gasteiger partial charge is 0.497 e. The first-order chi connectivity index (χ1) is 9.03. The van der Waals surface area contributed by atoms with Gasteiger partial charge in [-0.25, -0.2) is 4.79 Å². The third-order valence-corrected chi connectivity index (χ3v) is 2.39. The molecule has 1 unspecified atom stereocenters. The molecule has 0 radical (unpaired) electrons. The Balaban J connectivity index is 3.17. The number of methoxy groups -OCH3 is 1. The zero-order chi connectivity index (χ0) is 14.4. The van der Waals surface area contributed by atoms with Crippen LogP contribution in [0, 0.1) is 6.92 Å². The summed E-state index contributed by atoms with van der Waals surface area (Å²) in [5.74, 6) is -0.668. The zero-order valence-electron chi connectivity index (χ0n) is 11.0. The average Bonchev–Trinajstić information content (AvgIpc) is 2.39. The molecule has 104 valence electrons. The van der Waals surface area contributed by atoms with E-state index in [1.165, 1.54) is 13.2 Å². The third-order valence-electron chi connectivity index (χ3n) is 2.39. The van der Waals surface area contributed by atoms with E-state index in [0.717, 1.165) is 0 Å². The minimum Gasteiger partial charge on any atom is -0.497 e. The van der Waals surface area contributed by atoms with Crippen molar-refractivity contribution in [1.82, 2.24) is 0 Å². The molecule has 6 nitrogen and oxygen atoms in total. The summed E-state index contributed by atoms with van der Waals surface area (Å²) < 4.78 is 15.3. The number of hydrogen-bond donors (Lipinski definition) is 1. The second-order valence-corrected chi connectivity index (χ2v) is 3.70. The Labute approximate surface area is 110 Å². The van der Waals surface area contributed by atoms with Crippen molar-refractivity contribution in [2.45, 2.75) is 20.1 Å². The lowest BCUT2D eigenvalue weighted by Gasteiger charge is -2.17. The molecule has 0 aliphatic heterocycles. The van der Waals surface area contributed by atoms with Crippen molar-refractivity contribution < 1.29 is 28.9 Å². The van der Waals surface area contributed by atoms with Crippen molar-refractivity contribution in [2.75, 3.05) is 13.7 Å². The Morgan fingerprint density at radius 2 is 2.16 bits per heavy atom. The molecule has 0 fully saturated rings. The van der Waals surface area contributed by atoms with Crippen LogP contribution in [0.25, 0.3) is 0 Å². The summed E-state index contributed by atoms with van der Waals surface area (Å²) in [5.41, 5.74) is 0.465. The van der Waals surface area contributed by atoms with E-state index in [9.17, 15) is 9.59 Å². The van der Waals surface area contributed by atoms with E-state index in [1.807, 2.05) is 0 Å². The van der Waals surface area contributed by atoms with Crippen LogP contribution in [0.5, 0.6) is 11.5 Å². The number of aromatic carboxylic acids is 1. The number of rotatable bonds is 7. The third kappa shape index (κ3) is 3.69. The van der Waals surface area contributed by atoms with Crippen molar-refractivity contribution in [3.05, 3.63) is 23.3 Å². The molecule has 1 rings (SSSR count). The van der Waals surface area contributed by atoms with E-state index >= 15 is 0 Å². The maximum absolute atomic E-state index is 11.2. The van der Waals surface area contributed by atoms with Crippen molar-refractivity contribution in [2.24, 2.45) is 0 Å². The van der Waals surface area contributed by atoms with Gasteiger partial charge in [0.15, 0.2) is 6.29 Å². The number of aldehydes is 1. The SMILES string of the molecule is CCOC(C=O)Oc1c(C)cc(OC)cc1C(=O)O. The summed E-state index contributed by atoms with van der Waals surface area (Å²) in [6, 6.07) is 2.95. The number of aryl methyl sites for hydroxylation is 1. The van der Waals surface area contributed by atoms with Gasteiger partial charge < -0.3 is 19.3 Å². The van der Waals surface area contributed by atoms with Gasteiger partial charge in [-0.15, -0.1) is 0 Å². The lowest BCUT2D eigenvalue weighted by atomic mass is 10.1. The van der Waals surface area contributed by atoms with Crippen LogP contribution in [-0.4, -0.2) is 37.4 Å². The maximum atomic E-state index is 11.2. The highest BCUT2D eigenvalue weighted by molar-refractivity contribution is 5.92. The molecule has 0 heterocycles. The summed E-state index contributed by atoms with van der Waals surface area (Å²) in [5, 5.41) is 9.16. The van der Waals surface area contributed by atoms with Gasteiger partial charge in [0.1, 0.15) is 17.1 Å². The molecule has 0 saturated heterocycles. The first-order valence-corrected chi connectivity index (χ1v) is 5.69. The van der Waals surface area contributed by atoms with Crippen molar-refractivity contribution in [1.29, 1.82) is 0 Å². The Morgan fingerprint density at radius 3 is 2.63 bits per heavy atom. The molecule has 1 N–H and O–H groups in total. The van der Waals surface area contributed by atoms with Gasteiger partial charge in [-0.2, -0.15) is 0 Å². The Morgan fingerprint density at radius 1 is 1.47 bits per heavy atom. The first-order valence-electron chi connectivity index (χ1n) is 5.69. The Kier molecular flexibility index (Phi) is 5.32. The minimum atomic E-state index is -1.17. The van der Waals surface area contributed by atoms with Crippen LogP contribution in [0.2, 0.25) is 0 Å². The molecule has 1 aromatic carbocycles. The number of carbonyl (C=O) groups excluding carboxylic acids is 1. The molecule has 0 bridgehead atoms. The van der Waals surface area contributed by atoms with Gasteiger partial charge >= 0.3 is 5.97 Å². The van der Waals surface area contributed by atoms with Crippen LogP contribution >= 0.6 is 0 Å². The van der Waals surface area contributed by atoms with Crippen LogP contribution in [0.1, 0.15) is 22.8 Å². The number of carboxylic acid groups (broad SMARTS) is 1. The van der Waals surface area contributed by atoms with E-state index in [2.05, 4.69) is 0 Å². The van der Waals surface area contributed by atoms with Gasteiger partial charge in [0.2, 0.25) is 0 Å². The highest BCUT2D eigenvalue weighted by Crippen LogP contribution is 2.29. The molecule has 0 spiro atoms. The number of carbonyl (C=O) groups is 2. The second kappa shape index (κ2) is 6.75. The van der Waals surface area contributed by atoms with Gasteiger partial charge in [0, 0.05) is 6.61 Å². The Hall–Kier alpha value is -2.08. The quantitative estimate of drug-likeness (QED) is 0.598. The second-order valence-electron chi connectivity index (χ2n) is 3.70. The van der Waals surface area contributed by atoms with Gasteiger partial charge in [-0.05, 0) is 31.5 Å². The molecule has 1 aromatic rings. The molecular weight excluding hydrogens is 252 g/mol. The fourth-order valence-electron chi connectivity index (χ4n) is 1.56. The fraction of sp³-hybridized carbons (Fsp3) is 0.385. The summed E-state index contributed by atoms with van der Waals surface area (Å²) in [7, 11) is 1.44. The van der Waals surface area contributed by atoms with Gasteiger partial charge in [0.05, 0.1) is 7.11 Å². The molecule has 1 atom stereocenters. The lowest BCUT2D eigenvalue weighted by Crippen LogP contribution is -2.23. The molecular formula is C13H16O6. The molecule has 0 amide bonds. The van der Waals surface area contributed by atoms with Crippen molar-refractivity contribution >= 4 is 12.3 Å². The number of hydrogen-bond acceptors (Lipinski definition) is 5. The highest BCUT2D eigenvalue weighted by atomic mass is 16.7. The normalized spacial score (nSPS) is 11.7. The lowest BCUT2D eigenvalue weighted by molar-refractivity contribution is -0.136. The molecule has 0 aliphatic rings. The van der Waals surface area contributed by atoms with E-state index in [-0.39, 0.29) is 17.9 Å². The van der Waals surface area contributed by atoms with Crippen LogP contribution < -0.4 is 9.47 Å². The zero-order valence-corrected chi connectivity index (χ0v) is 11.0. The molecule has 0 aromatic heterocycles. The summed E-state index contributed by atoms with van der Waals surface area (Å²) in [6.45, 7) is 3.65. The van der Waals surface area contributed by atoms with Crippen molar-refractivity contribution in [3.8, 4) is 11.5 Å². The van der Waals surface area contributed by atoms with Gasteiger partial charge in [0.25, 0.3) is 6.29 Å². The van der Waals surface area contributed by atoms with Crippen LogP contribution in [0.15, 0.2) is 12.1 Å². The van der Waals surface area contributed by atoms with Crippen LogP contribution in [0.4, 0.5) is 0 Å². The predicted molar refractivity (Wildman–Crippen MR) is 66.8 cm³/mol.